The molecule has 4 nitrogen and oxygen atoms in total. The van der Waals surface area contributed by atoms with Crippen molar-refractivity contribution in [2.75, 3.05) is 23.9 Å². The number of primary amides is 1. The van der Waals surface area contributed by atoms with E-state index in [0.717, 1.165) is 11.3 Å². The van der Waals surface area contributed by atoms with E-state index >= 15 is 0 Å². The van der Waals surface area contributed by atoms with Gasteiger partial charge in [0.25, 0.3) is 0 Å². The molecule has 0 saturated heterocycles. The van der Waals surface area contributed by atoms with Gasteiger partial charge in [0, 0.05) is 25.8 Å². The maximum absolute atomic E-state index is 10.6. The summed E-state index contributed by atoms with van der Waals surface area (Å²) in [4.78, 5) is 14.5. The highest BCUT2D eigenvalue weighted by molar-refractivity contribution is 14.1. The maximum atomic E-state index is 10.6. The summed E-state index contributed by atoms with van der Waals surface area (Å²) in [5.74, 6) is 0.503. The Morgan fingerprint density at radius 2 is 1.94 bits per heavy atom. The van der Waals surface area contributed by atoms with Crippen LogP contribution in [0.25, 0.3) is 0 Å². The number of ether oxygens (including phenoxy) is 1. The van der Waals surface area contributed by atoms with Crippen molar-refractivity contribution >= 4 is 34.4 Å². The summed E-state index contributed by atoms with van der Waals surface area (Å²) >= 11 is 2.15. The average Bonchev–Trinajstić information content (AvgIpc) is 2.23. The van der Waals surface area contributed by atoms with Gasteiger partial charge in [-0.25, -0.2) is 4.79 Å². The van der Waals surface area contributed by atoms with Crippen LogP contribution in [0, 0.1) is 6.92 Å². The van der Waals surface area contributed by atoms with Crippen molar-refractivity contribution < 1.29 is 9.53 Å². The Morgan fingerprint density at radius 3 is 2.38 bits per heavy atom. The molecule has 0 aliphatic heterocycles. The van der Waals surface area contributed by atoms with Gasteiger partial charge < -0.3 is 15.4 Å². The molecule has 5 heteroatoms. The average molecular weight is 336 g/mol. The van der Waals surface area contributed by atoms with Crippen LogP contribution < -0.4 is 15.4 Å². The van der Waals surface area contributed by atoms with Gasteiger partial charge in [-0.2, -0.15) is 0 Å². The summed E-state index contributed by atoms with van der Waals surface area (Å²) in [6.07, 6.45) is -0.788. The molecule has 90 valence electrons. The normalized spacial score (nSPS) is 8.81. The van der Waals surface area contributed by atoms with Gasteiger partial charge in [0.1, 0.15) is 5.75 Å². The summed E-state index contributed by atoms with van der Waals surface area (Å²) in [5.41, 5.74) is 6.79. The minimum absolute atomic E-state index is 0.503. The molecule has 0 aliphatic rings. The van der Waals surface area contributed by atoms with Crippen LogP contribution in [0.3, 0.4) is 0 Å². The Hall–Kier alpha value is -0.980. The number of rotatable bonds is 2. The fourth-order valence-electron chi connectivity index (χ4n) is 1.09. The first-order chi connectivity index (χ1) is 7.50. The minimum atomic E-state index is -0.788. The molecule has 0 heterocycles. The first-order valence-corrected chi connectivity index (χ1v) is 6.79. The molecular weight excluding hydrogens is 319 g/mol. The van der Waals surface area contributed by atoms with Crippen molar-refractivity contribution in [1.29, 1.82) is 0 Å². The summed E-state index contributed by atoms with van der Waals surface area (Å²) in [6, 6.07) is 5.61. The highest BCUT2D eigenvalue weighted by Gasteiger charge is 2.05. The van der Waals surface area contributed by atoms with Crippen molar-refractivity contribution in [3.05, 3.63) is 23.8 Å². The molecule has 0 saturated carbocycles. The molecule has 2 N–H and O–H groups in total. The quantitative estimate of drug-likeness (QED) is 0.667. The highest BCUT2D eigenvalue weighted by atomic mass is 127. The number of carbonyl (C=O) groups excluding carboxylic acids is 1. The number of nitrogens with zero attached hydrogens (tertiary/aromatic N) is 1. The second-order valence-corrected chi connectivity index (χ2v) is 3.27. The number of carbonyl (C=O) groups is 1. The first kappa shape index (κ1) is 15.0. The van der Waals surface area contributed by atoms with Gasteiger partial charge in [0.2, 0.25) is 0 Å². The molecule has 0 radical (unpaired) electrons. The summed E-state index contributed by atoms with van der Waals surface area (Å²) < 4.78 is 4.85. The lowest BCUT2D eigenvalue weighted by molar-refractivity contribution is 0.210. The van der Waals surface area contributed by atoms with Gasteiger partial charge in [-0.05, 0) is 23.5 Å². The van der Waals surface area contributed by atoms with Gasteiger partial charge in [0.05, 0.1) is 0 Å². The van der Waals surface area contributed by atoms with Crippen LogP contribution in [0.5, 0.6) is 5.75 Å². The zero-order valence-corrected chi connectivity index (χ0v) is 12.1. The third-order valence-corrected chi connectivity index (χ3v) is 1.90. The van der Waals surface area contributed by atoms with Crippen LogP contribution in [-0.2, 0) is 0 Å². The van der Waals surface area contributed by atoms with E-state index in [0.29, 0.717) is 5.75 Å². The van der Waals surface area contributed by atoms with Crippen molar-refractivity contribution in [1.82, 2.24) is 0 Å². The zero-order chi connectivity index (χ0) is 12.7. The number of alkyl halides is 1. The monoisotopic (exact) mass is 336 g/mol. The van der Waals surface area contributed by atoms with E-state index in [2.05, 4.69) is 22.6 Å². The molecule has 0 unspecified atom stereocenters. The van der Waals surface area contributed by atoms with Crippen LogP contribution in [0.4, 0.5) is 10.5 Å². The topological polar surface area (TPSA) is 55.6 Å². The fourth-order valence-corrected chi connectivity index (χ4v) is 1.09. The smallest absolute Gasteiger partial charge is 0.409 e. The van der Waals surface area contributed by atoms with E-state index in [1.165, 1.54) is 0 Å². The van der Waals surface area contributed by atoms with Crippen molar-refractivity contribution in [3.8, 4) is 5.75 Å². The second-order valence-electron chi connectivity index (χ2n) is 3.27. The highest BCUT2D eigenvalue weighted by Crippen LogP contribution is 2.23. The zero-order valence-electron chi connectivity index (χ0n) is 9.95. The van der Waals surface area contributed by atoms with Crippen LogP contribution >= 0.6 is 22.6 Å². The maximum Gasteiger partial charge on any atom is 0.409 e. The standard InChI is InChI=1S/C10H14N2O2.CH3I/c1-7-4-5-8(12(2)3)6-9(7)14-10(11)13;1-2/h4-6H,1-3H3,(H2,11,13);1H3. The summed E-state index contributed by atoms with van der Waals surface area (Å²) in [6.45, 7) is 1.86. The molecule has 0 atom stereocenters. The van der Waals surface area contributed by atoms with E-state index in [1.54, 1.807) is 6.07 Å². The van der Waals surface area contributed by atoms with Crippen molar-refractivity contribution in [2.45, 2.75) is 6.92 Å². The second kappa shape index (κ2) is 7.32. The number of nitrogens with two attached hydrogens (primary N) is 1. The van der Waals surface area contributed by atoms with Crippen LogP contribution in [0.2, 0.25) is 0 Å². The van der Waals surface area contributed by atoms with E-state index in [-0.39, 0.29) is 0 Å². The first-order valence-electron chi connectivity index (χ1n) is 4.64. The Balaban J connectivity index is 0.00000106. The molecule has 0 bridgehead atoms. The molecule has 1 amide bonds. The molecule has 0 aliphatic carbocycles. The van der Waals surface area contributed by atoms with Crippen LogP contribution in [0.1, 0.15) is 5.56 Å². The largest absolute Gasteiger partial charge is 0.410 e. The molecular formula is C11H17IN2O2. The Kier molecular flexibility index (Phi) is 6.87. The van der Waals surface area contributed by atoms with E-state index in [9.17, 15) is 4.79 Å². The molecule has 16 heavy (non-hydrogen) atoms. The SMILES string of the molecule is CI.Cc1ccc(N(C)C)cc1OC(N)=O. The lowest BCUT2D eigenvalue weighted by Gasteiger charge is -2.14. The van der Waals surface area contributed by atoms with Crippen molar-refractivity contribution in [2.24, 2.45) is 5.73 Å². The molecule has 1 aromatic carbocycles. The van der Waals surface area contributed by atoms with Crippen molar-refractivity contribution in [3.63, 3.8) is 0 Å². The number of hydrogen-bond donors (Lipinski definition) is 1. The lowest BCUT2D eigenvalue weighted by Crippen LogP contribution is -2.17. The molecule has 1 aromatic rings. The Bertz CT molecular complexity index is 354. The Labute approximate surface area is 110 Å². The summed E-state index contributed by atoms with van der Waals surface area (Å²) in [7, 11) is 3.83. The van der Waals surface area contributed by atoms with E-state index < -0.39 is 6.09 Å². The number of amides is 1. The molecule has 0 spiro atoms. The third kappa shape index (κ3) is 4.69. The van der Waals surface area contributed by atoms with Crippen LogP contribution in [0.15, 0.2) is 18.2 Å². The number of anilines is 1. The lowest BCUT2D eigenvalue weighted by atomic mass is 10.2. The fraction of sp³-hybridized carbons (Fsp3) is 0.364. The number of halogens is 1. The van der Waals surface area contributed by atoms with Gasteiger partial charge in [-0.1, -0.05) is 28.7 Å². The minimum Gasteiger partial charge on any atom is -0.410 e. The van der Waals surface area contributed by atoms with Crippen LogP contribution in [-0.4, -0.2) is 25.1 Å². The number of hydrogen-bond acceptors (Lipinski definition) is 3. The Morgan fingerprint density at radius 1 is 1.38 bits per heavy atom. The summed E-state index contributed by atoms with van der Waals surface area (Å²) in [5, 5.41) is 0. The predicted molar refractivity (Wildman–Crippen MR) is 75.7 cm³/mol. The molecule has 0 fully saturated rings. The van der Waals surface area contributed by atoms with Gasteiger partial charge >= 0.3 is 6.09 Å². The van der Waals surface area contributed by atoms with Gasteiger partial charge in [-0.3, -0.25) is 0 Å². The van der Waals surface area contributed by atoms with Gasteiger partial charge in [-0.15, -0.1) is 0 Å². The third-order valence-electron chi connectivity index (χ3n) is 1.90. The number of benzene rings is 1. The predicted octanol–water partition coefficient (Wildman–Crippen LogP) is 2.57. The van der Waals surface area contributed by atoms with E-state index in [1.807, 2.05) is 43.0 Å². The molecule has 1 rings (SSSR count). The van der Waals surface area contributed by atoms with E-state index in [4.69, 9.17) is 10.5 Å². The molecule has 0 aromatic heterocycles. The number of aryl methyl sites for hydroxylation is 1. The van der Waals surface area contributed by atoms with Gasteiger partial charge in [0.15, 0.2) is 0 Å².